The number of carbonyl (C=O) groups excluding carboxylic acids is 2. The van der Waals surface area contributed by atoms with Gasteiger partial charge in [0.1, 0.15) is 5.58 Å². The summed E-state index contributed by atoms with van der Waals surface area (Å²) in [6.07, 6.45) is 1.79. The number of amides is 2. The highest BCUT2D eigenvalue weighted by Crippen LogP contribution is 2.26. The van der Waals surface area contributed by atoms with E-state index in [-0.39, 0.29) is 24.8 Å². The summed E-state index contributed by atoms with van der Waals surface area (Å²) in [7, 11) is 0. The van der Waals surface area contributed by atoms with Crippen molar-refractivity contribution in [2.24, 2.45) is 0 Å². The summed E-state index contributed by atoms with van der Waals surface area (Å²) in [6.45, 7) is 9.90. The lowest BCUT2D eigenvalue weighted by molar-refractivity contribution is -0.123. The molecule has 1 aromatic heterocycles. The molecule has 0 spiro atoms. The molecule has 5 nitrogen and oxygen atoms in total. The summed E-state index contributed by atoms with van der Waals surface area (Å²) in [5, 5.41) is 6.52. The summed E-state index contributed by atoms with van der Waals surface area (Å²) < 4.78 is 5.64. The molecule has 3 aromatic rings. The smallest absolute Gasteiger partial charge is 0.243 e. The third-order valence-electron chi connectivity index (χ3n) is 5.08. The molecule has 1 heterocycles. The Kier molecular flexibility index (Phi) is 5.54. The number of aryl methyl sites for hydroxylation is 5. The first-order valence-electron chi connectivity index (χ1n) is 9.37. The minimum Gasteiger partial charge on any atom is -0.464 e. The molecule has 0 unspecified atom stereocenters. The number of nitrogens with one attached hydrogen (secondary N) is 2. The van der Waals surface area contributed by atoms with E-state index in [9.17, 15) is 9.59 Å². The predicted molar refractivity (Wildman–Crippen MR) is 112 cm³/mol. The SMILES string of the molecule is Cc1cc(C)c(NC(=O)CNC(=O)Cc2coc3c(C)c(C)ccc23)c(C)c1. The van der Waals surface area contributed by atoms with Crippen molar-refractivity contribution in [2.75, 3.05) is 11.9 Å². The van der Waals surface area contributed by atoms with E-state index in [1.807, 2.05) is 58.9 Å². The lowest BCUT2D eigenvalue weighted by Crippen LogP contribution is -2.34. The fourth-order valence-corrected chi connectivity index (χ4v) is 3.50. The van der Waals surface area contributed by atoms with Crippen LogP contribution in [0.2, 0.25) is 0 Å². The molecule has 28 heavy (non-hydrogen) atoms. The summed E-state index contributed by atoms with van der Waals surface area (Å²) in [6, 6.07) is 8.04. The largest absolute Gasteiger partial charge is 0.464 e. The molecule has 0 fully saturated rings. The maximum absolute atomic E-state index is 12.3. The number of hydrogen-bond donors (Lipinski definition) is 2. The number of benzene rings is 2. The van der Waals surface area contributed by atoms with Crippen LogP contribution >= 0.6 is 0 Å². The standard InChI is InChI=1S/C23H26N2O3/c1-13-8-15(3)22(16(4)9-13)25-21(27)11-24-20(26)10-18-12-28-23-17(5)14(2)6-7-19(18)23/h6-9,12H,10-11H2,1-5H3,(H,24,26)(H,25,27). The Labute approximate surface area is 165 Å². The average molecular weight is 378 g/mol. The molecule has 2 N–H and O–H groups in total. The average Bonchev–Trinajstić information content (AvgIpc) is 3.03. The van der Waals surface area contributed by atoms with E-state index in [4.69, 9.17) is 4.42 Å². The Morgan fingerprint density at radius 3 is 2.29 bits per heavy atom. The fraction of sp³-hybridized carbons (Fsp3) is 0.304. The molecule has 146 valence electrons. The van der Waals surface area contributed by atoms with E-state index in [1.54, 1.807) is 6.26 Å². The zero-order chi connectivity index (χ0) is 20.4. The van der Waals surface area contributed by atoms with Gasteiger partial charge in [-0.05, 0) is 56.9 Å². The van der Waals surface area contributed by atoms with Crippen molar-refractivity contribution >= 4 is 28.5 Å². The van der Waals surface area contributed by atoms with Crippen molar-refractivity contribution in [2.45, 2.75) is 41.0 Å². The first-order chi connectivity index (χ1) is 13.3. The first-order valence-corrected chi connectivity index (χ1v) is 9.37. The Bertz CT molecular complexity index is 1040. The number of rotatable bonds is 5. The molecular weight excluding hydrogens is 352 g/mol. The lowest BCUT2D eigenvalue weighted by atomic mass is 10.0. The zero-order valence-electron chi connectivity index (χ0n) is 17.0. The molecule has 0 aliphatic carbocycles. The van der Waals surface area contributed by atoms with Gasteiger partial charge in [-0.15, -0.1) is 0 Å². The van der Waals surface area contributed by atoms with E-state index in [0.717, 1.165) is 50.0 Å². The highest BCUT2D eigenvalue weighted by atomic mass is 16.3. The van der Waals surface area contributed by atoms with Crippen molar-refractivity contribution in [1.82, 2.24) is 5.32 Å². The number of anilines is 1. The van der Waals surface area contributed by atoms with Gasteiger partial charge in [0.15, 0.2) is 0 Å². The molecule has 0 saturated carbocycles. The second kappa shape index (κ2) is 7.89. The Balaban J connectivity index is 1.61. The molecule has 0 aliphatic rings. The maximum Gasteiger partial charge on any atom is 0.243 e. The van der Waals surface area contributed by atoms with Gasteiger partial charge in [-0.25, -0.2) is 0 Å². The van der Waals surface area contributed by atoms with E-state index >= 15 is 0 Å². The normalized spacial score (nSPS) is 10.9. The Hall–Kier alpha value is -3.08. The van der Waals surface area contributed by atoms with Crippen LogP contribution in [0.3, 0.4) is 0 Å². The van der Waals surface area contributed by atoms with Crippen LogP contribution in [0.5, 0.6) is 0 Å². The van der Waals surface area contributed by atoms with E-state index in [0.29, 0.717) is 0 Å². The van der Waals surface area contributed by atoms with Crippen LogP contribution in [0.4, 0.5) is 5.69 Å². The summed E-state index contributed by atoms with van der Waals surface area (Å²) in [4.78, 5) is 24.6. The second-order valence-electron chi connectivity index (χ2n) is 7.42. The van der Waals surface area contributed by atoms with Gasteiger partial charge in [-0.2, -0.15) is 0 Å². The molecule has 0 atom stereocenters. The second-order valence-corrected chi connectivity index (χ2v) is 7.42. The molecule has 2 amide bonds. The van der Waals surface area contributed by atoms with Gasteiger partial charge >= 0.3 is 0 Å². The van der Waals surface area contributed by atoms with Gasteiger partial charge in [-0.1, -0.05) is 29.8 Å². The van der Waals surface area contributed by atoms with Gasteiger partial charge in [-0.3, -0.25) is 9.59 Å². The molecule has 0 saturated heterocycles. The monoisotopic (exact) mass is 378 g/mol. The van der Waals surface area contributed by atoms with Crippen LogP contribution in [0.25, 0.3) is 11.0 Å². The number of furan rings is 1. The molecule has 3 rings (SSSR count). The van der Waals surface area contributed by atoms with Gasteiger partial charge in [0.25, 0.3) is 0 Å². The Morgan fingerprint density at radius 2 is 1.61 bits per heavy atom. The first kappa shape index (κ1) is 19.7. The van der Waals surface area contributed by atoms with Crippen molar-refractivity contribution in [3.05, 3.63) is 63.9 Å². The molecule has 0 radical (unpaired) electrons. The van der Waals surface area contributed by atoms with Crippen LogP contribution < -0.4 is 10.6 Å². The maximum atomic E-state index is 12.3. The van der Waals surface area contributed by atoms with E-state index in [2.05, 4.69) is 10.6 Å². The minimum atomic E-state index is -0.244. The van der Waals surface area contributed by atoms with Crippen molar-refractivity contribution in [3.63, 3.8) is 0 Å². The summed E-state index contributed by atoms with van der Waals surface area (Å²) in [5.41, 5.74) is 7.83. The quantitative estimate of drug-likeness (QED) is 0.696. The molecule has 0 bridgehead atoms. The number of fused-ring (bicyclic) bond motifs is 1. The van der Waals surface area contributed by atoms with Crippen LogP contribution in [0.15, 0.2) is 34.9 Å². The van der Waals surface area contributed by atoms with Crippen LogP contribution in [-0.4, -0.2) is 18.4 Å². The highest BCUT2D eigenvalue weighted by Gasteiger charge is 2.14. The molecule has 2 aromatic carbocycles. The number of hydrogen-bond acceptors (Lipinski definition) is 3. The molecule has 0 aliphatic heterocycles. The molecule has 5 heteroatoms. The molecular formula is C23H26N2O3. The third-order valence-corrected chi connectivity index (χ3v) is 5.08. The van der Waals surface area contributed by atoms with Gasteiger partial charge < -0.3 is 15.1 Å². The summed E-state index contributed by atoms with van der Waals surface area (Å²) in [5.74, 6) is -0.458. The van der Waals surface area contributed by atoms with Crippen LogP contribution in [0.1, 0.15) is 33.4 Å². The predicted octanol–water partition coefficient (Wildman–Crippen LogP) is 4.27. The van der Waals surface area contributed by atoms with Gasteiger partial charge in [0, 0.05) is 16.6 Å². The van der Waals surface area contributed by atoms with Crippen molar-refractivity contribution < 1.29 is 14.0 Å². The topological polar surface area (TPSA) is 71.3 Å². The fourth-order valence-electron chi connectivity index (χ4n) is 3.50. The van der Waals surface area contributed by atoms with Gasteiger partial charge in [0.05, 0.1) is 19.2 Å². The summed E-state index contributed by atoms with van der Waals surface area (Å²) >= 11 is 0. The zero-order valence-corrected chi connectivity index (χ0v) is 17.0. The van der Waals surface area contributed by atoms with Gasteiger partial charge in [0.2, 0.25) is 11.8 Å². The van der Waals surface area contributed by atoms with E-state index < -0.39 is 0 Å². The van der Waals surface area contributed by atoms with Crippen LogP contribution in [-0.2, 0) is 16.0 Å². The third kappa shape index (κ3) is 4.09. The van der Waals surface area contributed by atoms with E-state index in [1.165, 1.54) is 0 Å². The van der Waals surface area contributed by atoms with Crippen LogP contribution in [0, 0.1) is 34.6 Å². The minimum absolute atomic E-state index is 0.0699. The van der Waals surface area contributed by atoms with Crippen molar-refractivity contribution in [1.29, 1.82) is 0 Å². The number of carbonyl (C=O) groups is 2. The Morgan fingerprint density at radius 1 is 0.929 bits per heavy atom. The lowest BCUT2D eigenvalue weighted by Gasteiger charge is -2.13. The van der Waals surface area contributed by atoms with Crippen molar-refractivity contribution in [3.8, 4) is 0 Å². The highest BCUT2D eigenvalue weighted by molar-refractivity contribution is 5.96.